The van der Waals surface area contributed by atoms with Gasteiger partial charge in [-0.25, -0.2) is 8.42 Å². The zero-order valence-corrected chi connectivity index (χ0v) is 19.0. The second-order valence-electron chi connectivity index (χ2n) is 8.59. The molecule has 3 aromatic rings. The molecule has 33 heavy (non-hydrogen) atoms. The lowest BCUT2D eigenvalue weighted by molar-refractivity contribution is 0.0846. The first-order valence-corrected chi connectivity index (χ1v) is 12.7. The Balaban J connectivity index is 1.25. The number of sulfonamides is 1. The van der Waals surface area contributed by atoms with Crippen LogP contribution in [0.25, 0.3) is 10.9 Å². The molecular formula is C24H26N4O4S. The van der Waals surface area contributed by atoms with Crippen molar-refractivity contribution in [2.45, 2.75) is 43.4 Å². The van der Waals surface area contributed by atoms with Crippen molar-refractivity contribution in [1.82, 2.24) is 20.1 Å². The molecule has 8 nitrogen and oxygen atoms in total. The van der Waals surface area contributed by atoms with E-state index < -0.39 is 21.8 Å². The number of carbonyl (C=O) groups is 2. The van der Waals surface area contributed by atoms with Gasteiger partial charge in [0.2, 0.25) is 10.0 Å². The standard InChI is InChI=1S/C24H26N4O4S/c29-23(16-7-10-18(11-8-16)33(31,32)28-13-3-4-14-28)26-27-24(30)17-9-12-22-20(15-17)19-5-1-2-6-21(19)25-22/h7-12,15,25H,1-6,13-14H2,(H,26,29)(H,27,30). The molecule has 0 unspecified atom stereocenters. The summed E-state index contributed by atoms with van der Waals surface area (Å²) in [4.78, 5) is 28.7. The summed E-state index contributed by atoms with van der Waals surface area (Å²) in [5.74, 6) is -0.933. The summed E-state index contributed by atoms with van der Waals surface area (Å²) in [6, 6.07) is 11.2. The van der Waals surface area contributed by atoms with Crippen LogP contribution in [0.3, 0.4) is 0 Å². The fourth-order valence-corrected chi connectivity index (χ4v) is 6.18. The van der Waals surface area contributed by atoms with E-state index in [-0.39, 0.29) is 10.5 Å². The monoisotopic (exact) mass is 466 g/mol. The number of fused-ring (bicyclic) bond motifs is 3. The van der Waals surface area contributed by atoms with E-state index in [1.54, 1.807) is 6.07 Å². The number of nitrogens with zero attached hydrogens (tertiary/aromatic N) is 1. The van der Waals surface area contributed by atoms with Gasteiger partial charge in [0, 0.05) is 40.8 Å². The maximum Gasteiger partial charge on any atom is 0.269 e. The molecular weight excluding hydrogens is 440 g/mol. The van der Waals surface area contributed by atoms with Crippen LogP contribution in [0, 0.1) is 0 Å². The van der Waals surface area contributed by atoms with Crippen LogP contribution in [0.15, 0.2) is 47.4 Å². The van der Waals surface area contributed by atoms with Gasteiger partial charge in [0.05, 0.1) is 4.90 Å². The van der Waals surface area contributed by atoms with Gasteiger partial charge < -0.3 is 4.98 Å². The first-order chi connectivity index (χ1) is 15.9. The minimum absolute atomic E-state index is 0.160. The number of hydrogen-bond acceptors (Lipinski definition) is 4. The highest BCUT2D eigenvalue weighted by atomic mass is 32.2. The lowest BCUT2D eigenvalue weighted by atomic mass is 9.95. The molecule has 0 atom stereocenters. The lowest BCUT2D eigenvalue weighted by Gasteiger charge is -2.15. The third kappa shape index (κ3) is 4.14. The van der Waals surface area contributed by atoms with Crippen molar-refractivity contribution < 1.29 is 18.0 Å². The molecule has 5 rings (SSSR count). The van der Waals surface area contributed by atoms with E-state index >= 15 is 0 Å². The lowest BCUT2D eigenvalue weighted by Crippen LogP contribution is -2.41. The number of carbonyl (C=O) groups excluding carboxylic acids is 2. The quantitative estimate of drug-likeness (QED) is 0.513. The number of aromatic amines is 1. The molecule has 0 bridgehead atoms. The van der Waals surface area contributed by atoms with Crippen molar-refractivity contribution in [3.63, 3.8) is 0 Å². The van der Waals surface area contributed by atoms with Crippen molar-refractivity contribution in [2.24, 2.45) is 0 Å². The number of nitrogens with one attached hydrogen (secondary N) is 3. The zero-order chi connectivity index (χ0) is 23.0. The maximum absolute atomic E-state index is 12.6. The van der Waals surface area contributed by atoms with Gasteiger partial charge >= 0.3 is 0 Å². The van der Waals surface area contributed by atoms with Gasteiger partial charge in [0.25, 0.3) is 11.8 Å². The number of H-pyrrole nitrogens is 1. The van der Waals surface area contributed by atoms with Gasteiger partial charge in [-0.1, -0.05) is 0 Å². The van der Waals surface area contributed by atoms with Crippen LogP contribution < -0.4 is 10.9 Å². The molecule has 1 aliphatic heterocycles. The number of benzene rings is 2. The normalized spacial score (nSPS) is 16.5. The smallest absolute Gasteiger partial charge is 0.269 e. The van der Waals surface area contributed by atoms with E-state index in [4.69, 9.17) is 0 Å². The Morgan fingerprint density at radius 1 is 0.818 bits per heavy atom. The minimum Gasteiger partial charge on any atom is -0.358 e. The summed E-state index contributed by atoms with van der Waals surface area (Å²) in [5.41, 5.74) is 9.12. The summed E-state index contributed by atoms with van der Waals surface area (Å²) in [6.07, 6.45) is 6.06. The average Bonchev–Trinajstić information content (AvgIpc) is 3.51. The van der Waals surface area contributed by atoms with E-state index in [9.17, 15) is 18.0 Å². The van der Waals surface area contributed by atoms with E-state index in [0.717, 1.165) is 43.0 Å². The molecule has 2 aromatic carbocycles. The molecule has 0 spiro atoms. The molecule has 0 saturated carbocycles. The largest absolute Gasteiger partial charge is 0.358 e. The number of hydrogen-bond donors (Lipinski definition) is 3. The Bertz CT molecular complexity index is 1320. The van der Waals surface area contributed by atoms with Crippen molar-refractivity contribution in [2.75, 3.05) is 13.1 Å². The predicted octanol–water partition coefficient (Wildman–Crippen LogP) is 2.91. The molecule has 9 heteroatoms. The van der Waals surface area contributed by atoms with Gasteiger partial charge in [0.15, 0.2) is 0 Å². The van der Waals surface area contributed by atoms with Crippen LogP contribution in [0.2, 0.25) is 0 Å². The number of amides is 2. The molecule has 3 N–H and O–H groups in total. The topological polar surface area (TPSA) is 111 Å². The van der Waals surface area contributed by atoms with Gasteiger partial charge in [-0.05, 0) is 86.6 Å². The van der Waals surface area contributed by atoms with Crippen molar-refractivity contribution in [1.29, 1.82) is 0 Å². The maximum atomic E-state index is 12.6. The Morgan fingerprint density at radius 2 is 1.45 bits per heavy atom. The highest BCUT2D eigenvalue weighted by Crippen LogP contribution is 2.29. The van der Waals surface area contributed by atoms with Crippen LogP contribution in [0.5, 0.6) is 0 Å². The van der Waals surface area contributed by atoms with Gasteiger partial charge in [-0.15, -0.1) is 0 Å². The fraction of sp³-hybridized carbons (Fsp3) is 0.333. The van der Waals surface area contributed by atoms with Crippen LogP contribution >= 0.6 is 0 Å². The minimum atomic E-state index is -3.53. The molecule has 2 aliphatic rings. The fourth-order valence-electron chi connectivity index (χ4n) is 4.66. The third-order valence-electron chi connectivity index (χ3n) is 6.47. The van der Waals surface area contributed by atoms with Gasteiger partial charge in [-0.2, -0.15) is 4.31 Å². The predicted molar refractivity (Wildman–Crippen MR) is 124 cm³/mol. The first kappa shape index (κ1) is 21.7. The van der Waals surface area contributed by atoms with Gasteiger partial charge in [-0.3, -0.25) is 20.4 Å². The average molecular weight is 467 g/mol. The Hall–Kier alpha value is -3.17. The second kappa shape index (κ2) is 8.64. The van der Waals surface area contributed by atoms with E-state index in [1.807, 2.05) is 12.1 Å². The Labute approximate surface area is 192 Å². The number of rotatable bonds is 4. The summed E-state index contributed by atoms with van der Waals surface area (Å²) in [5, 5.41) is 1.05. The third-order valence-corrected chi connectivity index (χ3v) is 8.38. The summed E-state index contributed by atoms with van der Waals surface area (Å²) in [6.45, 7) is 1.04. The molecule has 0 radical (unpaired) electrons. The van der Waals surface area contributed by atoms with Gasteiger partial charge in [0.1, 0.15) is 0 Å². The van der Waals surface area contributed by atoms with Crippen LogP contribution in [0.4, 0.5) is 0 Å². The highest BCUT2D eigenvalue weighted by Gasteiger charge is 2.27. The first-order valence-electron chi connectivity index (χ1n) is 11.3. The van der Waals surface area contributed by atoms with Crippen LogP contribution in [0.1, 0.15) is 57.7 Å². The molecule has 1 saturated heterocycles. The summed E-state index contributed by atoms with van der Waals surface area (Å²) in [7, 11) is -3.53. The van der Waals surface area contributed by atoms with Crippen LogP contribution in [-0.2, 0) is 22.9 Å². The molecule has 1 aliphatic carbocycles. The highest BCUT2D eigenvalue weighted by molar-refractivity contribution is 7.89. The molecule has 1 aromatic heterocycles. The van der Waals surface area contributed by atoms with E-state index in [0.29, 0.717) is 18.7 Å². The second-order valence-corrected chi connectivity index (χ2v) is 10.5. The summed E-state index contributed by atoms with van der Waals surface area (Å²) >= 11 is 0. The molecule has 1 fully saturated rings. The number of hydrazine groups is 1. The van der Waals surface area contributed by atoms with E-state index in [2.05, 4.69) is 15.8 Å². The zero-order valence-electron chi connectivity index (χ0n) is 18.2. The number of aryl methyl sites for hydroxylation is 2. The number of aromatic nitrogens is 1. The Morgan fingerprint density at radius 3 is 2.18 bits per heavy atom. The molecule has 2 amide bonds. The summed E-state index contributed by atoms with van der Waals surface area (Å²) < 4.78 is 26.7. The van der Waals surface area contributed by atoms with Crippen molar-refractivity contribution in [3.8, 4) is 0 Å². The van der Waals surface area contributed by atoms with Crippen LogP contribution in [-0.4, -0.2) is 42.6 Å². The molecule has 2 heterocycles. The molecule has 172 valence electrons. The Kier molecular flexibility index (Phi) is 5.67. The van der Waals surface area contributed by atoms with Crippen molar-refractivity contribution >= 4 is 32.7 Å². The SMILES string of the molecule is O=C(NNC(=O)c1ccc2[nH]c3c(c2c1)CCCC3)c1ccc(S(=O)(=O)N2CCCC2)cc1. The van der Waals surface area contributed by atoms with E-state index in [1.165, 1.54) is 46.2 Å². The van der Waals surface area contributed by atoms with Crippen molar-refractivity contribution in [3.05, 3.63) is 64.8 Å².